The van der Waals surface area contributed by atoms with Crippen molar-refractivity contribution >= 4 is 11.7 Å². The molecule has 0 fully saturated rings. The van der Waals surface area contributed by atoms with Gasteiger partial charge in [0.15, 0.2) is 5.82 Å². The van der Waals surface area contributed by atoms with Crippen LogP contribution in [0.15, 0.2) is 66.9 Å². The van der Waals surface area contributed by atoms with Crippen molar-refractivity contribution in [2.45, 2.75) is 20.4 Å². The quantitative estimate of drug-likeness (QED) is 0.552. The third-order valence-corrected chi connectivity index (χ3v) is 4.65. The van der Waals surface area contributed by atoms with Crippen LogP contribution in [0, 0.1) is 13.8 Å². The van der Waals surface area contributed by atoms with E-state index in [1.54, 1.807) is 12.1 Å². The molecule has 0 saturated heterocycles. The van der Waals surface area contributed by atoms with E-state index in [9.17, 15) is 4.79 Å². The summed E-state index contributed by atoms with van der Waals surface area (Å²) in [6.45, 7) is 4.76. The molecule has 0 saturated carbocycles. The Morgan fingerprint density at radius 2 is 1.86 bits per heavy atom. The maximum atomic E-state index is 12.5. The summed E-state index contributed by atoms with van der Waals surface area (Å²) in [6, 6.07) is 19.7. The molecule has 140 valence electrons. The fourth-order valence-electron chi connectivity index (χ4n) is 2.97. The minimum atomic E-state index is -0.271. The van der Waals surface area contributed by atoms with E-state index < -0.39 is 0 Å². The Balaban J connectivity index is 1.44. The number of aromatic amines is 1. The van der Waals surface area contributed by atoms with Gasteiger partial charge in [-0.3, -0.25) is 14.6 Å². The first-order chi connectivity index (χ1) is 13.6. The molecule has 0 atom stereocenters. The van der Waals surface area contributed by atoms with E-state index in [1.165, 1.54) is 16.7 Å². The first-order valence-corrected chi connectivity index (χ1v) is 9.10. The number of H-pyrrole nitrogens is 1. The molecule has 0 radical (unpaired) electrons. The number of nitrogens with one attached hydrogen (secondary N) is 2. The summed E-state index contributed by atoms with van der Waals surface area (Å²) in [4.78, 5) is 12.5. The molecule has 6 heteroatoms. The molecular weight excluding hydrogens is 350 g/mol. The molecule has 0 unspecified atom stereocenters. The zero-order valence-electron chi connectivity index (χ0n) is 15.8. The number of benzene rings is 2. The second-order valence-corrected chi connectivity index (χ2v) is 6.81. The summed E-state index contributed by atoms with van der Waals surface area (Å²) in [5.41, 5.74) is 5.67. The van der Waals surface area contributed by atoms with E-state index in [4.69, 9.17) is 0 Å². The molecule has 0 aliphatic carbocycles. The van der Waals surface area contributed by atoms with E-state index in [-0.39, 0.29) is 5.91 Å². The van der Waals surface area contributed by atoms with Crippen LogP contribution in [-0.4, -0.2) is 25.9 Å². The summed E-state index contributed by atoms with van der Waals surface area (Å²) >= 11 is 0. The number of aryl methyl sites for hydroxylation is 2. The Labute approximate surface area is 163 Å². The van der Waals surface area contributed by atoms with E-state index in [0.29, 0.717) is 18.1 Å². The number of carbonyl (C=O) groups excluding carboxylic acids is 1. The molecule has 2 N–H and O–H groups in total. The zero-order chi connectivity index (χ0) is 19.5. The van der Waals surface area contributed by atoms with Gasteiger partial charge in [0.25, 0.3) is 5.91 Å². The molecule has 4 aromatic rings. The minimum Gasteiger partial charge on any atom is -0.304 e. The monoisotopic (exact) mass is 371 g/mol. The van der Waals surface area contributed by atoms with Crippen LogP contribution in [0.1, 0.15) is 27.2 Å². The maximum absolute atomic E-state index is 12.5. The van der Waals surface area contributed by atoms with Crippen molar-refractivity contribution in [3.8, 4) is 11.3 Å². The van der Waals surface area contributed by atoms with Crippen LogP contribution in [0.25, 0.3) is 11.3 Å². The fraction of sp³-hybridized carbons (Fsp3) is 0.136. The molecule has 0 aliphatic rings. The van der Waals surface area contributed by atoms with Gasteiger partial charge in [0.2, 0.25) is 0 Å². The third kappa shape index (κ3) is 3.86. The molecule has 2 aromatic carbocycles. The summed E-state index contributed by atoms with van der Waals surface area (Å²) in [5, 5.41) is 14.3. The van der Waals surface area contributed by atoms with Gasteiger partial charge in [-0.1, -0.05) is 54.1 Å². The van der Waals surface area contributed by atoms with Crippen LogP contribution < -0.4 is 5.32 Å². The Bertz CT molecular complexity index is 1110. The second kappa shape index (κ2) is 7.52. The van der Waals surface area contributed by atoms with E-state index >= 15 is 0 Å². The number of anilines is 1. The molecule has 0 bridgehead atoms. The van der Waals surface area contributed by atoms with Crippen molar-refractivity contribution in [3.63, 3.8) is 0 Å². The highest BCUT2D eigenvalue weighted by molar-refractivity contribution is 6.02. The molecule has 6 nitrogen and oxygen atoms in total. The number of hydrogen-bond acceptors (Lipinski definition) is 3. The van der Waals surface area contributed by atoms with Gasteiger partial charge in [-0.25, -0.2) is 0 Å². The molecule has 2 aromatic heterocycles. The highest BCUT2D eigenvalue weighted by atomic mass is 16.2. The van der Waals surface area contributed by atoms with Crippen molar-refractivity contribution in [2.75, 3.05) is 5.32 Å². The van der Waals surface area contributed by atoms with E-state index in [2.05, 4.69) is 39.7 Å². The smallest absolute Gasteiger partial charge is 0.274 e. The van der Waals surface area contributed by atoms with Gasteiger partial charge in [0.05, 0.1) is 12.2 Å². The average molecular weight is 371 g/mol. The summed E-state index contributed by atoms with van der Waals surface area (Å²) in [7, 11) is 0. The van der Waals surface area contributed by atoms with Crippen LogP contribution >= 0.6 is 0 Å². The molecule has 0 aliphatic heterocycles. The second-order valence-electron chi connectivity index (χ2n) is 6.81. The Kier molecular flexibility index (Phi) is 4.76. The number of aromatic nitrogens is 4. The van der Waals surface area contributed by atoms with Gasteiger partial charge in [-0.15, -0.1) is 0 Å². The van der Waals surface area contributed by atoms with Gasteiger partial charge in [0.1, 0.15) is 5.69 Å². The number of carbonyl (C=O) groups is 1. The van der Waals surface area contributed by atoms with Crippen LogP contribution in [0.2, 0.25) is 0 Å². The first-order valence-electron chi connectivity index (χ1n) is 9.10. The van der Waals surface area contributed by atoms with Gasteiger partial charge >= 0.3 is 0 Å². The topological polar surface area (TPSA) is 75.6 Å². The SMILES string of the molecule is Cc1ccc(-c2cc(C(=O)Nc3ccn(Cc4ccccc4C)n3)[nH]n2)cc1. The lowest BCUT2D eigenvalue weighted by Gasteiger charge is -2.05. The van der Waals surface area contributed by atoms with Gasteiger partial charge in [0, 0.05) is 17.8 Å². The predicted molar refractivity (Wildman–Crippen MR) is 109 cm³/mol. The van der Waals surface area contributed by atoms with Crippen molar-refractivity contribution < 1.29 is 4.79 Å². The third-order valence-electron chi connectivity index (χ3n) is 4.65. The first kappa shape index (κ1) is 17.7. The van der Waals surface area contributed by atoms with Gasteiger partial charge in [-0.05, 0) is 31.0 Å². The molecule has 4 rings (SSSR count). The van der Waals surface area contributed by atoms with Crippen LogP contribution in [0.4, 0.5) is 5.82 Å². The number of rotatable bonds is 5. The van der Waals surface area contributed by atoms with Crippen LogP contribution in [-0.2, 0) is 6.54 Å². The minimum absolute atomic E-state index is 0.271. The van der Waals surface area contributed by atoms with Crippen molar-refractivity contribution in [1.82, 2.24) is 20.0 Å². The lowest BCUT2D eigenvalue weighted by Crippen LogP contribution is -2.13. The Hall–Kier alpha value is -3.67. The van der Waals surface area contributed by atoms with Gasteiger partial charge in [-0.2, -0.15) is 10.2 Å². The average Bonchev–Trinajstić information content (AvgIpc) is 3.34. The predicted octanol–water partition coefficient (Wildman–Crippen LogP) is 4.19. The molecule has 0 spiro atoms. The molecule has 28 heavy (non-hydrogen) atoms. The Morgan fingerprint density at radius 1 is 1.07 bits per heavy atom. The summed E-state index contributed by atoms with van der Waals surface area (Å²) in [5.74, 6) is 0.233. The van der Waals surface area contributed by atoms with E-state index in [0.717, 1.165) is 11.3 Å². The van der Waals surface area contributed by atoms with Crippen LogP contribution in [0.3, 0.4) is 0 Å². The fourth-order valence-corrected chi connectivity index (χ4v) is 2.97. The number of hydrogen-bond donors (Lipinski definition) is 2. The molecular formula is C22H21N5O. The van der Waals surface area contributed by atoms with Crippen molar-refractivity contribution in [1.29, 1.82) is 0 Å². The zero-order valence-corrected chi connectivity index (χ0v) is 15.8. The highest BCUT2D eigenvalue weighted by Crippen LogP contribution is 2.19. The molecule has 1 amide bonds. The van der Waals surface area contributed by atoms with E-state index in [1.807, 2.05) is 54.2 Å². The number of nitrogens with zero attached hydrogens (tertiary/aromatic N) is 3. The summed E-state index contributed by atoms with van der Waals surface area (Å²) < 4.78 is 1.81. The normalized spacial score (nSPS) is 10.8. The van der Waals surface area contributed by atoms with Crippen molar-refractivity contribution in [2.24, 2.45) is 0 Å². The highest BCUT2D eigenvalue weighted by Gasteiger charge is 2.13. The lowest BCUT2D eigenvalue weighted by atomic mass is 10.1. The van der Waals surface area contributed by atoms with Crippen molar-refractivity contribution in [3.05, 3.63) is 89.2 Å². The maximum Gasteiger partial charge on any atom is 0.274 e. The largest absolute Gasteiger partial charge is 0.304 e. The Morgan fingerprint density at radius 3 is 2.64 bits per heavy atom. The summed E-state index contributed by atoms with van der Waals surface area (Å²) in [6.07, 6.45) is 1.85. The standard InChI is InChI=1S/C22H21N5O/c1-15-7-9-17(10-8-15)19-13-20(25-24-19)22(28)23-21-11-12-27(26-21)14-18-6-4-3-5-16(18)2/h3-13H,14H2,1-2H3,(H,24,25)(H,23,26,28). The van der Waals surface area contributed by atoms with Crippen LogP contribution in [0.5, 0.6) is 0 Å². The number of amides is 1. The molecule has 2 heterocycles. The lowest BCUT2D eigenvalue weighted by molar-refractivity contribution is 0.102. The van der Waals surface area contributed by atoms with Gasteiger partial charge < -0.3 is 5.32 Å².